The highest BCUT2D eigenvalue weighted by Crippen LogP contribution is 2.37. The number of hydrogen-bond acceptors (Lipinski definition) is 4. The third-order valence-corrected chi connectivity index (χ3v) is 5.20. The number of benzene rings is 1. The van der Waals surface area contributed by atoms with Crippen molar-refractivity contribution in [1.82, 2.24) is 5.32 Å². The second-order valence-corrected chi connectivity index (χ2v) is 7.10. The third kappa shape index (κ3) is 3.43. The molecule has 0 aromatic heterocycles. The molecule has 20 heavy (non-hydrogen) atoms. The molecule has 5 nitrogen and oxygen atoms in total. The number of nitrogens with one attached hydrogen (secondary N) is 1. The zero-order valence-corrected chi connectivity index (χ0v) is 12.6. The summed E-state index contributed by atoms with van der Waals surface area (Å²) in [6.07, 6.45) is 2.20. The molecule has 0 saturated carbocycles. The van der Waals surface area contributed by atoms with Gasteiger partial charge in [0.05, 0.1) is 15.5 Å². The number of halogens is 1. The van der Waals surface area contributed by atoms with Gasteiger partial charge in [0, 0.05) is 23.4 Å². The highest BCUT2D eigenvalue weighted by molar-refractivity contribution is 8.00. The van der Waals surface area contributed by atoms with E-state index in [2.05, 4.69) is 12.2 Å². The number of nitro groups is 1. The fourth-order valence-electron chi connectivity index (χ4n) is 2.14. The van der Waals surface area contributed by atoms with Crippen LogP contribution in [0.25, 0.3) is 0 Å². The molecule has 1 atom stereocenters. The molecular weight excluding hydrogens is 300 g/mol. The minimum Gasteiger partial charge on any atom is -0.351 e. The minimum absolute atomic E-state index is 0.0445. The molecule has 108 valence electrons. The maximum absolute atomic E-state index is 12.1. The Morgan fingerprint density at radius 2 is 2.35 bits per heavy atom. The number of amides is 1. The van der Waals surface area contributed by atoms with E-state index >= 15 is 0 Å². The Hall–Kier alpha value is -1.27. The Morgan fingerprint density at radius 3 is 2.95 bits per heavy atom. The predicted molar refractivity (Wildman–Crippen MR) is 80.5 cm³/mol. The fraction of sp³-hybridized carbons (Fsp3) is 0.462. The Balaban J connectivity index is 2.08. The highest BCUT2D eigenvalue weighted by Gasteiger charge is 2.30. The Morgan fingerprint density at radius 1 is 1.60 bits per heavy atom. The smallest absolute Gasteiger partial charge is 0.270 e. The maximum Gasteiger partial charge on any atom is 0.270 e. The van der Waals surface area contributed by atoms with E-state index < -0.39 is 4.92 Å². The zero-order chi connectivity index (χ0) is 14.8. The van der Waals surface area contributed by atoms with Gasteiger partial charge in [0.1, 0.15) is 0 Å². The van der Waals surface area contributed by atoms with Crippen molar-refractivity contribution in [3.05, 3.63) is 38.9 Å². The molecule has 1 unspecified atom stereocenters. The third-order valence-electron chi connectivity index (χ3n) is 3.33. The Labute approximate surface area is 126 Å². The largest absolute Gasteiger partial charge is 0.351 e. The first kappa shape index (κ1) is 15.1. The summed E-state index contributed by atoms with van der Waals surface area (Å²) in [5.74, 6) is 0.733. The first-order valence-electron chi connectivity index (χ1n) is 6.27. The average molecular weight is 315 g/mol. The summed E-state index contributed by atoms with van der Waals surface area (Å²) in [5, 5.41) is 13.8. The second kappa shape index (κ2) is 6.01. The van der Waals surface area contributed by atoms with E-state index in [0.29, 0.717) is 6.54 Å². The molecular formula is C13H15ClN2O3S. The molecule has 1 heterocycles. The summed E-state index contributed by atoms with van der Waals surface area (Å²) < 4.78 is 0.0445. The van der Waals surface area contributed by atoms with Gasteiger partial charge in [-0.15, -0.1) is 0 Å². The number of hydrogen-bond donors (Lipinski definition) is 1. The number of nitrogens with zero attached hydrogens (tertiary/aromatic N) is 1. The van der Waals surface area contributed by atoms with Crippen LogP contribution in [0.15, 0.2) is 18.2 Å². The molecule has 1 aliphatic rings. The molecule has 1 saturated heterocycles. The van der Waals surface area contributed by atoms with Crippen molar-refractivity contribution >= 4 is 35.0 Å². The summed E-state index contributed by atoms with van der Waals surface area (Å²) in [6.45, 7) is 2.65. The molecule has 1 aliphatic heterocycles. The van der Waals surface area contributed by atoms with Gasteiger partial charge >= 0.3 is 0 Å². The lowest BCUT2D eigenvalue weighted by Crippen LogP contribution is -2.36. The van der Waals surface area contributed by atoms with Crippen LogP contribution in [0.1, 0.15) is 30.1 Å². The van der Waals surface area contributed by atoms with Crippen LogP contribution in [0.5, 0.6) is 0 Å². The van der Waals surface area contributed by atoms with Gasteiger partial charge in [0.25, 0.3) is 11.6 Å². The van der Waals surface area contributed by atoms with Gasteiger partial charge in [-0.1, -0.05) is 11.6 Å². The van der Waals surface area contributed by atoms with Gasteiger partial charge in [-0.05, 0) is 31.6 Å². The summed E-state index contributed by atoms with van der Waals surface area (Å²) in [7, 11) is 0. The van der Waals surface area contributed by atoms with Gasteiger partial charge in [-0.2, -0.15) is 11.8 Å². The quantitative estimate of drug-likeness (QED) is 0.684. The molecule has 1 N–H and O–H groups in total. The number of thioether (sulfide) groups is 1. The van der Waals surface area contributed by atoms with Crippen LogP contribution in [-0.2, 0) is 0 Å². The number of carbonyl (C=O) groups is 1. The maximum atomic E-state index is 12.1. The summed E-state index contributed by atoms with van der Waals surface area (Å²) in [4.78, 5) is 22.3. The van der Waals surface area contributed by atoms with Crippen LogP contribution >= 0.6 is 23.4 Å². The van der Waals surface area contributed by atoms with Gasteiger partial charge in [0.2, 0.25) is 0 Å². The van der Waals surface area contributed by atoms with Crippen LogP contribution in [0.4, 0.5) is 5.69 Å². The van der Waals surface area contributed by atoms with Crippen LogP contribution in [-0.4, -0.2) is 27.9 Å². The molecule has 1 aromatic carbocycles. The molecule has 1 fully saturated rings. The molecule has 1 aromatic rings. The van der Waals surface area contributed by atoms with Crippen LogP contribution in [0.2, 0.25) is 5.02 Å². The van der Waals surface area contributed by atoms with E-state index in [9.17, 15) is 14.9 Å². The van der Waals surface area contributed by atoms with E-state index in [1.165, 1.54) is 18.2 Å². The summed E-state index contributed by atoms with van der Waals surface area (Å²) >= 11 is 7.78. The standard InChI is InChI=1S/C13H15ClN2O3S/c1-13(5-2-6-20-13)8-15-12(17)10-7-9(16(18)19)3-4-11(10)14/h3-4,7H,2,5-6,8H2,1H3,(H,15,17). The van der Waals surface area contributed by atoms with Crippen molar-refractivity contribution in [2.75, 3.05) is 12.3 Å². The molecule has 0 spiro atoms. The zero-order valence-electron chi connectivity index (χ0n) is 11.0. The Kier molecular flexibility index (Phi) is 4.55. The summed E-state index contributed by atoms with van der Waals surface area (Å²) in [5.41, 5.74) is 0.00784. The normalized spacial score (nSPS) is 21.7. The second-order valence-electron chi connectivity index (χ2n) is 5.01. The first-order valence-corrected chi connectivity index (χ1v) is 7.64. The SMILES string of the molecule is CC1(CNC(=O)c2cc([N+](=O)[O-])ccc2Cl)CCCS1. The lowest BCUT2D eigenvalue weighted by atomic mass is 10.1. The predicted octanol–water partition coefficient (Wildman–Crippen LogP) is 3.26. The molecule has 1 amide bonds. The minimum atomic E-state index is -0.540. The van der Waals surface area contributed by atoms with Crippen molar-refractivity contribution in [1.29, 1.82) is 0 Å². The number of rotatable bonds is 4. The van der Waals surface area contributed by atoms with Crippen LogP contribution in [0.3, 0.4) is 0 Å². The van der Waals surface area contributed by atoms with Crippen molar-refractivity contribution < 1.29 is 9.72 Å². The fourth-order valence-corrected chi connectivity index (χ4v) is 3.59. The van der Waals surface area contributed by atoms with E-state index in [4.69, 9.17) is 11.6 Å². The van der Waals surface area contributed by atoms with Gasteiger partial charge in [-0.25, -0.2) is 0 Å². The summed E-state index contributed by atoms with van der Waals surface area (Å²) in [6, 6.07) is 3.87. The topological polar surface area (TPSA) is 72.2 Å². The molecule has 0 aliphatic carbocycles. The van der Waals surface area contributed by atoms with Gasteiger partial charge in [0.15, 0.2) is 0 Å². The van der Waals surface area contributed by atoms with E-state index in [1.54, 1.807) is 0 Å². The lowest BCUT2D eigenvalue weighted by molar-refractivity contribution is -0.384. The average Bonchev–Trinajstić information content (AvgIpc) is 2.84. The van der Waals surface area contributed by atoms with E-state index in [-0.39, 0.29) is 26.9 Å². The Bertz CT molecular complexity index is 544. The molecule has 2 rings (SSSR count). The number of non-ortho nitro benzene ring substituents is 1. The van der Waals surface area contributed by atoms with Crippen molar-refractivity contribution in [3.63, 3.8) is 0 Å². The monoisotopic (exact) mass is 314 g/mol. The number of carbonyl (C=O) groups excluding carboxylic acids is 1. The van der Waals surface area contributed by atoms with E-state index in [0.717, 1.165) is 18.6 Å². The molecule has 0 radical (unpaired) electrons. The van der Waals surface area contributed by atoms with Gasteiger partial charge in [-0.3, -0.25) is 14.9 Å². The van der Waals surface area contributed by atoms with Crippen LogP contribution < -0.4 is 5.32 Å². The highest BCUT2D eigenvalue weighted by atomic mass is 35.5. The van der Waals surface area contributed by atoms with Crippen molar-refractivity contribution in [3.8, 4) is 0 Å². The van der Waals surface area contributed by atoms with Gasteiger partial charge < -0.3 is 5.32 Å². The van der Waals surface area contributed by atoms with Crippen molar-refractivity contribution in [2.45, 2.75) is 24.5 Å². The molecule has 7 heteroatoms. The lowest BCUT2D eigenvalue weighted by Gasteiger charge is -2.22. The van der Waals surface area contributed by atoms with Crippen molar-refractivity contribution in [2.24, 2.45) is 0 Å². The number of nitro benzene ring substituents is 1. The van der Waals surface area contributed by atoms with E-state index in [1.807, 2.05) is 11.8 Å². The van der Waals surface area contributed by atoms with Crippen LogP contribution in [0, 0.1) is 10.1 Å². The first-order chi connectivity index (χ1) is 9.41. The molecule has 0 bridgehead atoms.